The van der Waals surface area contributed by atoms with Gasteiger partial charge in [0.2, 0.25) is 0 Å². The Morgan fingerprint density at radius 1 is 1.41 bits per heavy atom. The van der Waals surface area contributed by atoms with E-state index in [1.54, 1.807) is 6.26 Å². The highest BCUT2D eigenvalue weighted by Gasteiger charge is 2.14. The second kappa shape index (κ2) is 5.95. The lowest BCUT2D eigenvalue weighted by Crippen LogP contribution is -2.22. The summed E-state index contributed by atoms with van der Waals surface area (Å²) in [6, 6.07) is 0. The zero-order chi connectivity index (χ0) is 13.0. The van der Waals surface area contributed by atoms with Crippen molar-refractivity contribution in [1.29, 1.82) is 0 Å². The molecular formula is C11H20N4OS. The molecule has 0 fully saturated rings. The van der Waals surface area contributed by atoms with Gasteiger partial charge >= 0.3 is 0 Å². The molecule has 0 aromatic carbocycles. The van der Waals surface area contributed by atoms with Gasteiger partial charge in [0.25, 0.3) is 0 Å². The predicted octanol–water partition coefficient (Wildman–Crippen LogP) is 1.36. The van der Waals surface area contributed by atoms with E-state index in [1.807, 2.05) is 20.8 Å². The van der Waals surface area contributed by atoms with Crippen molar-refractivity contribution >= 4 is 22.4 Å². The lowest BCUT2D eigenvalue weighted by Gasteiger charge is -2.16. The van der Waals surface area contributed by atoms with Gasteiger partial charge < -0.3 is 11.1 Å². The predicted molar refractivity (Wildman–Crippen MR) is 72.6 cm³/mol. The minimum absolute atomic E-state index is 0.0752. The second-order valence-electron chi connectivity index (χ2n) is 4.37. The largest absolute Gasteiger partial charge is 0.383 e. The quantitative estimate of drug-likeness (QED) is 0.831. The highest BCUT2D eigenvalue weighted by Crippen LogP contribution is 2.26. The van der Waals surface area contributed by atoms with Crippen LogP contribution in [-0.2, 0) is 10.8 Å². The monoisotopic (exact) mass is 256 g/mol. The first-order valence-corrected chi connectivity index (χ1v) is 7.22. The number of nitrogens with two attached hydrogens (primary N) is 1. The Morgan fingerprint density at radius 3 is 2.59 bits per heavy atom. The van der Waals surface area contributed by atoms with Crippen LogP contribution in [0.2, 0.25) is 0 Å². The minimum atomic E-state index is -0.844. The van der Waals surface area contributed by atoms with E-state index in [-0.39, 0.29) is 11.2 Å². The number of rotatable bonds is 5. The van der Waals surface area contributed by atoms with E-state index in [9.17, 15) is 4.21 Å². The summed E-state index contributed by atoms with van der Waals surface area (Å²) in [6.07, 6.45) is 3.14. The molecule has 6 heteroatoms. The molecule has 1 aromatic heterocycles. The van der Waals surface area contributed by atoms with Gasteiger partial charge in [-0.05, 0) is 12.8 Å². The lowest BCUT2D eigenvalue weighted by molar-refractivity contribution is 0.678. The fourth-order valence-electron chi connectivity index (χ4n) is 1.48. The summed E-state index contributed by atoms with van der Waals surface area (Å²) in [5.41, 5.74) is 6.76. The summed E-state index contributed by atoms with van der Waals surface area (Å²) in [5.74, 6) is 1.49. The average Bonchev–Trinajstić information content (AvgIpc) is 2.24. The Kier molecular flexibility index (Phi) is 4.86. The molecule has 0 saturated heterocycles. The minimum Gasteiger partial charge on any atom is -0.383 e. The van der Waals surface area contributed by atoms with Gasteiger partial charge in [-0.3, -0.25) is 4.21 Å². The summed E-state index contributed by atoms with van der Waals surface area (Å²) in [6.45, 7) is 6.63. The summed E-state index contributed by atoms with van der Waals surface area (Å²) in [7, 11) is -0.844. The first kappa shape index (κ1) is 13.9. The molecule has 1 rings (SSSR count). The molecule has 3 N–H and O–H groups in total. The van der Waals surface area contributed by atoms with Gasteiger partial charge in [0.15, 0.2) is 0 Å². The van der Waals surface area contributed by atoms with E-state index >= 15 is 0 Å². The van der Waals surface area contributed by atoms with Gasteiger partial charge in [0.05, 0.1) is 0 Å². The molecule has 17 heavy (non-hydrogen) atoms. The highest BCUT2D eigenvalue weighted by molar-refractivity contribution is 7.84. The number of hydrogen-bond donors (Lipinski definition) is 2. The van der Waals surface area contributed by atoms with Crippen LogP contribution in [0.4, 0.5) is 11.6 Å². The second-order valence-corrected chi connectivity index (χ2v) is 6.17. The molecule has 5 nitrogen and oxygen atoms in total. The van der Waals surface area contributed by atoms with Gasteiger partial charge in [0.1, 0.15) is 18.0 Å². The highest BCUT2D eigenvalue weighted by atomic mass is 32.2. The van der Waals surface area contributed by atoms with Crippen LogP contribution >= 0.6 is 0 Å². The van der Waals surface area contributed by atoms with E-state index < -0.39 is 10.8 Å². The fourth-order valence-corrected chi connectivity index (χ4v) is 1.80. The number of aromatic nitrogens is 2. The normalized spacial score (nSPS) is 14.6. The van der Waals surface area contributed by atoms with Crippen LogP contribution in [0, 0.1) is 0 Å². The number of hydrogen-bond acceptors (Lipinski definition) is 5. The SMILES string of the molecule is CC(C)c1c(N)ncnc1NCC(C)S(C)=O. The summed E-state index contributed by atoms with van der Waals surface area (Å²) in [5, 5.41) is 3.27. The molecule has 2 atom stereocenters. The molecule has 0 bridgehead atoms. The molecule has 0 amide bonds. The van der Waals surface area contributed by atoms with Crippen molar-refractivity contribution < 1.29 is 4.21 Å². The van der Waals surface area contributed by atoms with Gasteiger partial charge in [0, 0.05) is 34.4 Å². The van der Waals surface area contributed by atoms with Crippen molar-refractivity contribution in [1.82, 2.24) is 9.97 Å². The maximum absolute atomic E-state index is 11.3. The Morgan fingerprint density at radius 2 is 2.06 bits per heavy atom. The van der Waals surface area contributed by atoms with Crippen molar-refractivity contribution in [2.24, 2.45) is 0 Å². The van der Waals surface area contributed by atoms with Crippen molar-refractivity contribution in [3.8, 4) is 0 Å². The summed E-state index contributed by atoms with van der Waals surface area (Å²) < 4.78 is 11.3. The van der Waals surface area contributed by atoms with Crippen molar-refractivity contribution in [3.63, 3.8) is 0 Å². The van der Waals surface area contributed by atoms with Crippen LogP contribution in [-0.4, -0.2) is 32.2 Å². The summed E-state index contributed by atoms with van der Waals surface area (Å²) in [4.78, 5) is 8.18. The standard InChI is InChI=1S/C11H20N4OS/c1-7(2)9-10(12)14-6-15-11(9)13-5-8(3)17(4)16/h6-8H,5H2,1-4H3,(H3,12,13,14,15). The number of nitrogens with one attached hydrogen (secondary N) is 1. The third-order valence-corrected chi connectivity index (χ3v) is 3.92. The lowest BCUT2D eigenvalue weighted by atomic mass is 10.0. The molecule has 1 heterocycles. The number of nitrogens with zero attached hydrogens (tertiary/aromatic N) is 2. The van der Waals surface area contributed by atoms with Crippen LogP contribution in [0.15, 0.2) is 6.33 Å². The molecule has 0 aliphatic rings. The maximum atomic E-state index is 11.3. The van der Waals surface area contributed by atoms with Gasteiger partial charge in [-0.1, -0.05) is 13.8 Å². The van der Waals surface area contributed by atoms with E-state index in [0.29, 0.717) is 12.4 Å². The van der Waals surface area contributed by atoms with Crippen LogP contribution in [0.3, 0.4) is 0 Å². The Labute approximate surface area is 105 Å². The van der Waals surface area contributed by atoms with E-state index in [1.165, 1.54) is 6.33 Å². The molecule has 0 spiro atoms. The fraction of sp³-hybridized carbons (Fsp3) is 0.636. The Bertz CT molecular complexity index is 408. The van der Waals surface area contributed by atoms with Crippen LogP contribution in [0.1, 0.15) is 32.3 Å². The smallest absolute Gasteiger partial charge is 0.135 e. The molecule has 96 valence electrons. The van der Waals surface area contributed by atoms with Crippen molar-refractivity contribution in [3.05, 3.63) is 11.9 Å². The zero-order valence-electron chi connectivity index (χ0n) is 10.7. The topological polar surface area (TPSA) is 80.9 Å². The number of nitrogen functional groups attached to an aromatic ring is 1. The molecule has 0 saturated carbocycles. The Hall–Kier alpha value is -1.17. The van der Waals surface area contributed by atoms with E-state index in [4.69, 9.17) is 5.73 Å². The molecule has 0 aliphatic heterocycles. The van der Waals surface area contributed by atoms with Gasteiger partial charge in [-0.2, -0.15) is 0 Å². The Balaban J connectivity index is 2.84. The van der Waals surface area contributed by atoms with Crippen LogP contribution < -0.4 is 11.1 Å². The first-order chi connectivity index (χ1) is 7.93. The molecule has 1 aromatic rings. The zero-order valence-corrected chi connectivity index (χ0v) is 11.5. The molecule has 2 unspecified atom stereocenters. The van der Waals surface area contributed by atoms with Crippen LogP contribution in [0.5, 0.6) is 0 Å². The van der Waals surface area contributed by atoms with Crippen molar-refractivity contribution in [2.45, 2.75) is 31.9 Å². The van der Waals surface area contributed by atoms with Gasteiger partial charge in [-0.25, -0.2) is 9.97 Å². The molecule has 0 aliphatic carbocycles. The van der Waals surface area contributed by atoms with E-state index in [0.717, 1.165) is 11.4 Å². The van der Waals surface area contributed by atoms with E-state index in [2.05, 4.69) is 15.3 Å². The third-order valence-electron chi connectivity index (χ3n) is 2.62. The maximum Gasteiger partial charge on any atom is 0.135 e. The third kappa shape index (κ3) is 3.66. The van der Waals surface area contributed by atoms with Crippen molar-refractivity contribution in [2.75, 3.05) is 23.9 Å². The average molecular weight is 256 g/mol. The summed E-state index contributed by atoms with van der Waals surface area (Å²) >= 11 is 0. The van der Waals surface area contributed by atoms with Crippen LogP contribution in [0.25, 0.3) is 0 Å². The molecule has 0 radical (unpaired) electrons. The first-order valence-electron chi connectivity index (χ1n) is 5.60. The molecular weight excluding hydrogens is 236 g/mol. The van der Waals surface area contributed by atoms with Gasteiger partial charge in [-0.15, -0.1) is 0 Å². The number of anilines is 2.